The van der Waals surface area contributed by atoms with E-state index in [0.29, 0.717) is 11.6 Å². The summed E-state index contributed by atoms with van der Waals surface area (Å²) >= 11 is 6.57. The van der Waals surface area contributed by atoms with Crippen molar-refractivity contribution in [3.8, 4) is 0 Å². The van der Waals surface area contributed by atoms with E-state index in [4.69, 9.17) is 11.6 Å². The van der Waals surface area contributed by atoms with E-state index in [9.17, 15) is 0 Å². The average molecular weight is 353 g/mol. The molecule has 5 rings (SSSR count). The summed E-state index contributed by atoms with van der Waals surface area (Å²) in [5, 5.41) is 9.61. The monoisotopic (exact) mass is 352 g/mol. The van der Waals surface area contributed by atoms with Gasteiger partial charge in [-0.05, 0) is 30.9 Å². The van der Waals surface area contributed by atoms with E-state index in [0.717, 1.165) is 46.3 Å². The standard InChI is InChI=1S/C18H17ClN6/c19-14-7-13(24-18-16-15(9-22-18)20-4-5-21-16)6-12-8-23-25(17(12)14)10-11-2-1-3-11/h4-8,11H,1-3,9-10H2,(H,22,24). The second-order valence-corrected chi connectivity index (χ2v) is 7.07. The summed E-state index contributed by atoms with van der Waals surface area (Å²) in [4.78, 5) is 13.2. The molecule has 3 heterocycles. The Kier molecular flexibility index (Phi) is 3.45. The Bertz CT molecular complexity index is 988. The molecule has 0 atom stereocenters. The Morgan fingerprint density at radius 3 is 2.92 bits per heavy atom. The van der Waals surface area contributed by atoms with Gasteiger partial charge in [0.2, 0.25) is 0 Å². The van der Waals surface area contributed by atoms with Crippen LogP contribution < -0.4 is 5.32 Å². The predicted molar refractivity (Wildman–Crippen MR) is 98.0 cm³/mol. The predicted octanol–water partition coefficient (Wildman–Crippen LogP) is 3.65. The molecule has 1 aromatic carbocycles. The van der Waals surface area contributed by atoms with Crippen molar-refractivity contribution in [1.82, 2.24) is 19.7 Å². The highest BCUT2D eigenvalue weighted by Gasteiger charge is 2.21. The first kappa shape index (κ1) is 14.8. The molecule has 7 heteroatoms. The zero-order valence-electron chi connectivity index (χ0n) is 13.6. The van der Waals surface area contributed by atoms with Crippen LogP contribution in [-0.2, 0) is 13.1 Å². The fourth-order valence-electron chi connectivity index (χ4n) is 3.46. The lowest BCUT2D eigenvalue weighted by molar-refractivity contribution is 0.270. The van der Waals surface area contributed by atoms with Crippen molar-refractivity contribution in [2.45, 2.75) is 32.4 Å². The van der Waals surface area contributed by atoms with Crippen molar-refractivity contribution in [2.24, 2.45) is 10.9 Å². The van der Waals surface area contributed by atoms with Crippen LogP contribution in [0.3, 0.4) is 0 Å². The van der Waals surface area contributed by atoms with Crippen molar-refractivity contribution < 1.29 is 0 Å². The summed E-state index contributed by atoms with van der Waals surface area (Å²) in [6.45, 7) is 1.51. The van der Waals surface area contributed by atoms with Gasteiger partial charge in [-0.1, -0.05) is 18.0 Å². The number of amidine groups is 1. The van der Waals surface area contributed by atoms with Gasteiger partial charge in [-0.3, -0.25) is 14.7 Å². The molecule has 0 amide bonds. The minimum Gasteiger partial charge on any atom is -0.339 e. The van der Waals surface area contributed by atoms with Crippen LogP contribution in [-0.4, -0.2) is 25.6 Å². The quantitative estimate of drug-likeness (QED) is 0.781. The third kappa shape index (κ3) is 2.57. The van der Waals surface area contributed by atoms with Gasteiger partial charge in [0.15, 0.2) is 5.84 Å². The van der Waals surface area contributed by atoms with E-state index in [1.807, 2.05) is 16.9 Å². The number of fused-ring (bicyclic) bond motifs is 2. The van der Waals surface area contributed by atoms with Gasteiger partial charge >= 0.3 is 0 Å². The van der Waals surface area contributed by atoms with Gasteiger partial charge in [-0.15, -0.1) is 0 Å². The van der Waals surface area contributed by atoms with E-state index in [2.05, 4.69) is 31.4 Å². The molecule has 3 aromatic rings. The topological polar surface area (TPSA) is 68.0 Å². The number of hydrogen-bond acceptors (Lipinski definition) is 5. The number of anilines is 1. The largest absolute Gasteiger partial charge is 0.339 e. The van der Waals surface area contributed by atoms with Gasteiger partial charge < -0.3 is 5.32 Å². The molecule has 6 nitrogen and oxygen atoms in total. The molecule has 2 aromatic heterocycles. The van der Waals surface area contributed by atoms with Gasteiger partial charge in [0.05, 0.1) is 29.0 Å². The average Bonchev–Trinajstić information content (AvgIpc) is 3.16. The highest BCUT2D eigenvalue weighted by atomic mass is 35.5. The molecular formula is C18H17ClN6. The SMILES string of the molecule is Clc1cc(NC2=NCc3nccnc32)cc2cnn(CC3CCC3)c12. The Morgan fingerprint density at radius 2 is 2.08 bits per heavy atom. The molecule has 0 radical (unpaired) electrons. The molecule has 0 unspecified atom stereocenters. The third-order valence-electron chi connectivity index (χ3n) is 4.99. The lowest BCUT2D eigenvalue weighted by Crippen LogP contribution is -2.18. The maximum Gasteiger partial charge on any atom is 0.154 e. The van der Waals surface area contributed by atoms with Crippen molar-refractivity contribution in [1.29, 1.82) is 0 Å². The summed E-state index contributed by atoms with van der Waals surface area (Å²) in [7, 11) is 0. The minimum absolute atomic E-state index is 0.556. The minimum atomic E-state index is 0.556. The van der Waals surface area contributed by atoms with E-state index in [-0.39, 0.29) is 0 Å². The number of rotatable bonds is 3. The second kappa shape index (κ2) is 5.81. The molecule has 126 valence electrons. The lowest BCUT2D eigenvalue weighted by atomic mass is 9.85. The van der Waals surface area contributed by atoms with Crippen LogP contribution in [0.4, 0.5) is 5.69 Å². The van der Waals surface area contributed by atoms with Crippen LogP contribution in [0.15, 0.2) is 35.7 Å². The summed E-state index contributed by atoms with van der Waals surface area (Å²) in [6, 6.07) is 3.99. The summed E-state index contributed by atoms with van der Waals surface area (Å²) in [5.41, 5.74) is 3.59. The van der Waals surface area contributed by atoms with Crippen molar-refractivity contribution in [2.75, 3.05) is 5.32 Å². The number of aromatic nitrogens is 4. The molecular weight excluding hydrogens is 336 g/mol. The number of halogens is 1. The smallest absolute Gasteiger partial charge is 0.154 e. The Balaban J connectivity index is 1.45. The molecule has 1 fully saturated rings. The number of nitrogens with one attached hydrogen (secondary N) is 1. The Morgan fingerprint density at radius 1 is 1.20 bits per heavy atom. The third-order valence-corrected chi connectivity index (χ3v) is 5.28. The van der Waals surface area contributed by atoms with Crippen LogP contribution in [0.25, 0.3) is 10.9 Å². The molecule has 1 aliphatic heterocycles. The van der Waals surface area contributed by atoms with E-state index >= 15 is 0 Å². The molecule has 0 spiro atoms. The van der Waals surface area contributed by atoms with Gasteiger partial charge in [-0.25, -0.2) is 4.98 Å². The zero-order valence-corrected chi connectivity index (χ0v) is 14.4. The van der Waals surface area contributed by atoms with E-state index < -0.39 is 0 Å². The van der Waals surface area contributed by atoms with Crippen LogP contribution in [0.5, 0.6) is 0 Å². The van der Waals surface area contributed by atoms with Gasteiger partial charge in [0.1, 0.15) is 5.69 Å². The summed E-state index contributed by atoms with van der Waals surface area (Å²) in [5.74, 6) is 1.47. The molecule has 2 aliphatic rings. The first-order valence-electron chi connectivity index (χ1n) is 8.55. The highest BCUT2D eigenvalue weighted by molar-refractivity contribution is 6.35. The van der Waals surface area contributed by atoms with E-state index in [1.165, 1.54) is 19.3 Å². The highest BCUT2D eigenvalue weighted by Crippen LogP contribution is 2.32. The van der Waals surface area contributed by atoms with Crippen LogP contribution >= 0.6 is 11.6 Å². The fraction of sp³-hybridized carbons (Fsp3) is 0.333. The first-order valence-corrected chi connectivity index (χ1v) is 8.92. The van der Waals surface area contributed by atoms with Crippen molar-refractivity contribution >= 4 is 34.0 Å². The number of hydrogen-bond donors (Lipinski definition) is 1. The maximum atomic E-state index is 6.57. The first-order chi connectivity index (χ1) is 12.3. The number of nitrogens with zero attached hydrogens (tertiary/aromatic N) is 5. The Labute approximate surface area is 150 Å². The molecule has 1 saturated carbocycles. The maximum absolute atomic E-state index is 6.57. The molecule has 1 aliphatic carbocycles. The van der Waals surface area contributed by atoms with E-state index in [1.54, 1.807) is 12.4 Å². The van der Waals surface area contributed by atoms with Gasteiger partial charge in [-0.2, -0.15) is 5.10 Å². The number of benzene rings is 1. The summed E-state index contributed by atoms with van der Waals surface area (Å²) in [6.07, 6.45) is 9.17. The molecule has 0 saturated heterocycles. The number of aliphatic imine (C=N–C) groups is 1. The van der Waals surface area contributed by atoms with Crippen molar-refractivity contribution in [3.05, 3.63) is 47.1 Å². The van der Waals surface area contributed by atoms with Gasteiger partial charge in [0.25, 0.3) is 0 Å². The zero-order chi connectivity index (χ0) is 16.8. The van der Waals surface area contributed by atoms with Crippen molar-refractivity contribution in [3.63, 3.8) is 0 Å². The molecule has 0 bridgehead atoms. The molecule has 1 N–H and O–H groups in total. The summed E-state index contributed by atoms with van der Waals surface area (Å²) < 4.78 is 2.04. The molecule has 25 heavy (non-hydrogen) atoms. The Hall–Kier alpha value is -2.47. The van der Waals surface area contributed by atoms with Crippen LogP contribution in [0, 0.1) is 5.92 Å². The van der Waals surface area contributed by atoms with Crippen LogP contribution in [0.2, 0.25) is 5.02 Å². The van der Waals surface area contributed by atoms with Gasteiger partial charge in [0, 0.05) is 30.0 Å². The fourth-order valence-corrected chi connectivity index (χ4v) is 3.78. The van der Waals surface area contributed by atoms with Crippen LogP contribution in [0.1, 0.15) is 30.7 Å². The second-order valence-electron chi connectivity index (χ2n) is 6.66. The normalized spacial score (nSPS) is 16.6. The lowest BCUT2D eigenvalue weighted by Gasteiger charge is -2.25.